The number of aromatic hydroxyl groups is 1. The highest BCUT2D eigenvalue weighted by molar-refractivity contribution is 5.99. The van der Waals surface area contributed by atoms with E-state index in [0.29, 0.717) is 18.7 Å². The zero-order valence-electron chi connectivity index (χ0n) is 16.3. The van der Waals surface area contributed by atoms with Crippen molar-refractivity contribution >= 4 is 11.8 Å². The molecule has 31 heavy (non-hydrogen) atoms. The minimum atomic E-state index is -1.20. The second kappa shape index (κ2) is 7.73. The number of ether oxygens (including phenoxy) is 1. The number of benzene rings is 1. The van der Waals surface area contributed by atoms with Gasteiger partial charge >= 0.3 is 0 Å². The Hall–Kier alpha value is -3.34. The van der Waals surface area contributed by atoms with Gasteiger partial charge < -0.3 is 24.6 Å². The minimum Gasteiger partial charge on any atom is -0.503 e. The Balaban J connectivity index is 1.69. The van der Waals surface area contributed by atoms with E-state index in [4.69, 9.17) is 4.74 Å². The summed E-state index contributed by atoms with van der Waals surface area (Å²) in [5.74, 6) is -5.97. The molecule has 0 aliphatic carbocycles. The summed E-state index contributed by atoms with van der Waals surface area (Å²) in [7, 11) is 0. The van der Waals surface area contributed by atoms with Crippen LogP contribution in [0.4, 0.5) is 13.2 Å². The second-order valence-electron chi connectivity index (χ2n) is 7.27. The monoisotopic (exact) mass is 437 g/mol. The van der Waals surface area contributed by atoms with Crippen molar-refractivity contribution in [3.8, 4) is 5.75 Å². The maximum absolute atomic E-state index is 13.8. The number of likely N-dealkylation sites (N-methyl/N-ethyl adjacent to an activating group) is 1. The van der Waals surface area contributed by atoms with Crippen LogP contribution in [0, 0.1) is 17.5 Å². The predicted octanol–water partition coefficient (Wildman–Crippen LogP) is 1.32. The minimum absolute atomic E-state index is 0.205. The number of aromatic nitrogens is 1. The molecule has 2 aliphatic rings. The molecule has 2 aliphatic heterocycles. The fraction of sp³-hybridized carbons (Fsp3) is 0.350. The number of rotatable bonds is 4. The molecular weight excluding hydrogens is 419 g/mol. The summed E-state index contributed by atoms with van der Waals surface area (Å²) in [6.07, 6.45) is 1.14. The Bertz CT molecular complexity index is 1130. The van der Waals surface area contributed by atoms with Gasteiger partial charge in [-0.1, -0.05) is 0 Å². The van der Waals surface area contributed by atoms with Crippen LogP contribution in [0.3, 0.4) is 0 Å². The lowest BCUT2D eigenvalue weighted by molar-refractivity contribution is 0.0569. The number of carbonyl (C=O) groups excluding carboxylic acids is 2. The molecule has 0 radical (unpaired) electrons. The highest BCUT2D eigenvalue weighted by atomic mass is 19.1. The van der Waals surface area contributed by atoms with Crippen LogP contribution < -0.4 is 10.7 Å². The molecule has 4 rings (SSSR count). The van der Waals surface area contributed by atoms with Crippen molar-refractivity contribution in [3.63, 3.8) is 0 Å². The van der Waals surface area contributed by atoms with E-state index in [9.17, 15) is 32.7 Å². The summed E-state index contributed by atoms with van der Waals surface area (Å²) >= 11 is 0. The first-order valence-electron chi connectivity index (χ1n) is 9.53. The smallest absolute Gasteiger partial charge is 0.274 e. The van der Waals surface area contributed by atoms with E-state index in [2.05, 4.69) is 5.32 Å². The first-order chi connectivity index (χ1) is 14.7. The number of fused-ring (bicyclic) bond motifs is 3. The van der Waals surface area contributed by atoms with Crippen LogP contribution in [0.1, 0.15) is 39.4 Å². The van der Waals surface area contributed by atoms with Crippen LogP contribution in [-0.2, 0) is 11.3 Å². The number of halogens is 3. The Kier molecular flexibility index (Phi) is 5.21. The average molecular weight is 437 g/mol. The van der Waals surface area contributed by atoms with Gasteiger partial charge in [0.1, 0.15) is 23.0 Å². The van der Waals surface area contributed by atoms with Crippen molar-refractivity contribution in [1.29, 1.82) is 0 Å². The number of amides is 2. The molecule has 2 N–H and O–H groups in total. The highest BCUT2D eigenvalue weighted by Gasteiger charge is 2.44. The highest BCUT2D eigenvalue weighted by Crippen LogP contribution is 2.34. The second-order valence-corrected chi connectivity index (χ2v) is 7.27. The Morgan fingerprint density at radius 3 is 2.48 bits per heavy atom. The Morgan fingerprint density at radius 1 is 1.19 bits per heavy atom. The molecule has 8 nitrogen and oxygen atoms in total. The molecule has 2 atom stereocenters. The summed E-state index contributed by atoms with van der Waals surface area (Å²) in [6.45, 7) is 1.91. The van der Waals surface area contributed by atoms with Crippen LogP contribution >= 0.6 is 0 Å². The van der Waals surface area contributed by atoms with E-state index in [1.54, 1.807) is 6.92 Å². The Morgan fingerprint density at radius 2 is 1.84 bits per heavy atom. The van der Waals surface area contributed by atoms with E-state index in [-0.39, 0.29) is 24.9 Å². The zero-order valence-corrected chi connectivity index (χ0v) is 16.3. The van der Waals surface area contributed by atoms with E-state index in [1.807, 2.05) is 0 Å². The molecule has 1 aromatic carbocycles. The number of nitrogens with zero attached hydrogens (tertiary/aromatic N) is 2. The molecule has 2 amide bonds. The van der Waals surface area contributed by atoms with Crippen LogP contribution in [0.5, 0.6) is 5.75 Å². The third kappa shape index (κ3) is 3.34. The molecule has 11 heteroatoms. The van der Waals surface area contributed by atoms with Gasteiger partial charge in [0.25, 0.3) is 11.8 Å². The molecular formula is C20H18F3N3O5. The average Bonchev–Trinajstić information content (AvgIpc) is 3.19. The summed E-state index contributed by atoms with van der Waals surface area (Å²) in [5, 5.41) is 12.6. The molecule has 0 saturated carbocycles. The summed E-state index contributed by atoms with van der Waals surface area (Å²) in [6, 6.07) is 0.188. The molecule has 1 fully saturated rings. The zero-order chi connectivity index (χ0) is 22.4. The van der Waals surface area contributed by atoms with Crippen LogP contribution in [-0.4, -0.2) is 52.2 Å². The fourth-order valence-corrected chi connectivity index (χ4v) is 4.02. The van der Waals surface area contributed by atoms with Crippen LogP contribution in [0.15, 0.2) is 23.1 Å². The lowest BCUT2D eigenvalue weighted by atomic mass is 10.0. The quantitative estimate of drug-likeness (QED) is 0.752. The molecule has 2 aromatic rings. The van der Waals surface area contributed by atoms with Crippen molar-refractivity contribution in [1.82, 2.24) is 14.8 Å². The Labute approximate surface area is 173 Å². The number of hydrogen-bond donors (Lipinski definition) is 2. The van der Waals surface area contributed by atoms with Gasteiger partial charge in [0.15, 0.2) is 11.4 Å². The van der Waals surface area contributed by atoms with Crippen molar-refractivity contribution in [2.24, 2.45) is 0 Å². The van der Waals surface area contributed by atoms with Gasteiger partial charge in [0.05, 0.1) is 25.3 Å². The van der Waals surface area contributed by atoms with Gasteiger partial charge in [0, 0.05) is 37.0 Å². The van der Waals surface area contributed by atoms with E-state index >= 15 is 0 Å². The van der Waals surface area contributed by atoms with Gasteiger partial charge in [-0.15, -0.1) is 0 Å². The third-order valence-electron chi connectivity index (χ3n) is 5.57. The van der Waals surface area contributed by atoms with E-state index < -0.39 is 64.2 Å². The molecule has 0 bridgehead atoms. The lowest BCUT2D eigenvalue weighted by Gasteiger charge is -2.38. The number of hydrogen-bond acceptors (Lipinski definition) is 5. The van der Waals surface area contributed by atoms with Gasteiger partial charge in [-0.25, -0.2) is 13.2 Å². The van der Waals surface area contributed by atoms with Gasteiger partial charge in [-0.2, -0.15) is 0 Å². The van der Waals surface area contributed by atoms with Gasteiger partial charge in [0.2, 0.25) is 5.43 Å². The molecule has 1 saturated heterocycles. The third-order valence-corrected chi connectivity index (χ3v) is 5.57. The normalized spacial score (nSPS) is 19.9. The summed E-state index contributed by atoms with van der Waals surface area (Å²) in [4.78, 5) is 39.4. The summed E-state index contributed by atoms with van der Waals surface area (Å²) < 4.78 is 47.4. The first-order valence-corrected chi connectivity index (χ1v) is 9.53. The lowest BCUT2D eigenvalue weighted by Crippen LogP contribution is -2.51. The van der Waals surface area contributed by atoms with Gasteiger partial charge in [-0.3, -0.25) is 14.4 Å². The molecule has 0 spiro atoms. The van der Waals surface area contributed by atoms with Crippen LogP contribution in [0.25, 0.3) is 0 Å². The largest absolute Gasteiger partial charge is 0.503 e. The van der Waals surface area contributed by atoms with Crippen molar-refractivity contribution in [2.45, 2.75) is 25.6 Å². The molecule has 0 unspecified atom stereocenters. The van der Waals surface area contributed by atoms with Crippen molar-refractivity contribution in [2.75, 3.05) is 19.8 Å². The van der Waals surface area contributed by atoms with E-state index in [0.717, 1.165) is 6.20 Å². The molecule has 164 valence electrons. The van der Waals surface area contributed by atoms with Crippen molar-refractivity contribution in [3.05, 3.63) is 62.8 Å². The number of nitrogens with one attached hydrogen (secondary N) is 1. The number of carbonyl (C=O) groups is 2. The molecule has 3 heterocycles. The van der Waals surface area contributed by atoms with Crippen LogP contribution in [0.2, 0.25) is 0 Å². The van der Waals surface area contributed by atoms with Gasteiger partial charge in [-0.05, 0) is 6.92 Å². The van der Waals surface area contributed by atoms with E-state index in [1.165, 1.54) is 9.47 Å². The molecule has 1 aromatic heterocycles. The fourth-order valence-electron chi connectivity index (χ4n) is 4.02. The summed E-state index contributed by atoms with van der Waals surface area (Å²) in [5.41, 5.74) is -2.43. The maximum atomic E-state index is 13.8. The van der Waals surface area contributed by atoms with Crippen molar-refractivity contribution < 1.29 is 32.6 Å². The SMILES string of the molecule is CCN1C(=O)c2c(O)c(=O)c(C(=O)NCc3c(F)cc(F)cc3F)cn2[C@H]2COC[C@H]21. The predicted molar refractivity (Wildman–Crippen MR) is 100 cm³/mol. The topological polar surface area (TPSA) is 101 Å². The first kappa shape index (κ1) is 20.9. The number of pyridine rings is 1. The standard InChI is InChI=1S/C20H18F3N3O5/c1-2-25-14-7-31-8-15(14)26-6-11(17(27)18(28)16(26)20(25)30)19(29)24-5-10-12(22)3-9(21)4-13(10)23/h3-4,6,14-15,28H,2,5,7-8H2,1H3,(H,24,29)/t14-,15+/m1/s1. The maximum Gasteiger partial charge on any atom is 0.274 e.